The molecule has 3 rings (SSSR count). The van der Waals surface area contributed by atoms with Crippen LogP contribution in [0.4, 0.5) is 13.2 Å². The maximum atomic E-state index is 12.7. The van der Waals surface area contributed by atoms with Gasteiger partial charge in [-0.25, -0.2) is 4.98 Å². The Labute approximate surface area is 136 Å². The first-order valence-corrected chi connectivity index (χ1v) is 6.68. The average Bonchev–Trinajstić information content (AvgIpc) is 2.87. The zero-order valence-electron chi connectivity index (χ0n) is 12.1. The molecular formula is C16H14ClF3N2O. The van der Waals surface area contributed by atoms with Gasteiger partial charge in [-0.1, -0.05) is 24.3 Å². The summed E-state index contributed by atoms with van der Waals surface area (Å²) in [4.78, 5) is 7.33. The van der Waals surface area contributed by atoms with E-state index in [0.29, 0.717) is 22.4 Å². The van der Waals surface area contributed by atoms with Gasteiger partial charge in [0.25, 0.3) is 0 Å². The molecule has 23 heavy (non-hydrogen) atoms. The minimum atomic E-state index is -4.36. The number of imidazole rings is 1. The highest BCUT2D eigenvalue weighted by atomic mass is 35.5. The molecule has 1 heterocycles. The lowest BCUT2D eigenvalue weighted by molar-refractivity contribution is -0.137. The summed E-state index contributed by atoms with van der Waals surface area (Å²) >= 11 is 0. The zero-order valence-corrected chi connectivity index (χ0v) is 12.9. The highest BCUT2D eigenvalue weighted by Gasteiger charge is 2.30. The largest absolute Gasteiger partial charge is 0.506 e. The van der Waals surface area contributed by atoms with Gasteiger partial charge in [0.2, 0.25) is 0 Å². The number of nitrogens with zero attached hydrogens (tertiary/aromatic N) is 1. The second kappa shape index (κ2) is 6.12. The summed E-state index contributed by atoms with van der Waals surface area (Å²) in [6, 6.07) is 8.45. The van der Waals surface area contributed by atoms with Gasteiger partial charge in [-0.2, -0.15) is 13.2 Å². The van der Waals surface area contributed by atoms with Gasteiger partial charge in [0.1, 0.15) is 17.1 Å². The number of nitrogens with one attached hydrogen (secondary N) is 1. The summed E-state index contributed by atoms with van der Waals surface area (Å²) in [5.41, 5.74) is 1.84. The molecule has 0 radical (unpaired) electrons. The Morgan fingerprint density at radius 1 is 1.17 bits per heavy atom. The number of fused-ring (bicyclic) bond motifs is 1. The Morgan fingerprint density at radius 3 is 2.57 bits per heavy atom. The Morgan fingerprint density at radius 2 is 1.91 bits per heavy atom. The highest BCUT2D eigenvalue weighted by molar-refractivity contribution is 5.85. The van der Waals surface area contributed by atoms with Crippen LogP contribution >= 0.6 is 12.4 Å². The van der Waals surface area contributed by atoms with Gasteiger partial charge in [0.15, 0.2) is 0 Å². The van der Waals surface area contributed by atoms with Crippen LogP contribution < -0.4 is 0 Å². The summed E-state index contributed by atoms with van der Waals surface area (Å²) in [5, 5.41) is 9.81. The third kappa shape index (κ3) is 3.42. The molecule has 0 aliphatic rings. The van der Waals surface area contributed by atoms with E-state index in [1.807, 2.05) is 6.92 Å². The molecule has 122 valence electrons. The summed E-state index contributed by atoms with van der Waals surface area (Å²) < 4.78 is 38.2. The summed E-state index contributed by atoms with van der Waals surface area (Å²) in [7, 11) is 0. The molecule has 1 aromatic heterocycles. The SMILES string of the molecule is Cc1ccc(O)c2[nH]c(Cc3cccc(C(F)(F)F)c3)nc12.Cl. The fourth-order valence-corrected chi connectivity index (χ4v) is 2.39. The van der Waals surface area contributed by atoms with Gasteiger partial charge in [-0.05, 0) is 30.2 Å². The van der Waals surface area contributed by atoms with E-state index < -0.39 is 11.7 Å². The van der Waals surface area contributed by atoms with Crippen molar-refractivity contribution in [2.24, 2.45) is 0 Å². The predicted molar refractivity (Wildman–Crippen MR) is 84.0 cm³/mol. The quantitative estimate of drug-likeness (QED) is 0.714. The number of phenols is 1. The smallest absolute Gasteiger partial charge is 0.416 e. The van der Waals surface area contributed by atoms with Crippen LogP contribution in [0.5, 0.6) is 5.75 Å². The van der Waals surface area contributed by atoms with Crippen LogP contribution in [-0.4, -0.2) is 15.1 Å². The first-order valence-electron chi connectivity index (χ1n) is 6.68. The Balaban J connectivity index is 0.00000192. The standard InChI is InChI=1S/C16H13F3N2O.ClH/c1-9-5-6-12(22)15-14(9)20-13(21-15)8-10-3-2-4-11(7-10)16(17,18)19;/h2-7,22H,8H2,1H3,(H,20,21);1H. The third-order valence-corrected chi connectivity index (χ3v) is 3.50. The number of hydrogen-bond donors (Lipinski definition) is 2. The van der Waals surface area contributed by atoms with Crippen molar-refractivity contribution >= 4 is 23.4 Å². The number of phenolic OH excluding ortho intramolecular Hbond substituents is 1. The minimum Gasteiger partial charge on any atom is -0.506 e. The van der Waals surface area contributed by atoms with E-state index in [2.05, 4.69) is 9.97 Å². The number of aryl methyl sites for hydroxylation is 1. The number of hydrogen-bond acceptors (Lipinski definition) is 2. The predicted octanol–water partition coefficient (Wildman–Crippen LogP) is 4.61. The molecule has 0 bridgehead atoms. The van der Waals surface area contributed by atoms with Crippen LogP contribution in [0.15, 0.2) is 36.4 Å². The topological polar surface area (TPSA) is 48.9 Å². The third-order valence-electron chi connectivity index (χ3n) is 3.50. The van der Waals surface area contributed by atoms with Crippen molar-refractivity contribution in [2.75, 3.05) is 0 Å². The molecule has 0 fully saturated rings. The molecule has 0 unspecified atom stereocenters. The molecule has 0 spiro atoms. The molecule has 0 amide bonds. The molecular weight excluding hydrogens is 329 g/mol. The lowest BCUT2D eigenvalue weighted by atomic mass is 10.1. The lowest BCUT2D eigenvalue weighted by Gasteiger charge is -2.07. The van der Waals surface area contributed by atoms with Crippen molar-refractivity contribution < 1.29 is 18.3 Å². The Kier molecular flexibility index (Phi) is 4.56. The average molecular weight is 343 g/mol. The van der Waals surface area contributed by atoms with Crippen LogP contribution in [-0.2, 0) is 12.6 Å². The molecule has 2 aromatic carbocycles. The molecule has 0 atom stereocenters. The maximum Gasteiger partial charge on any atom is 0.416 e. The molecule has 7 heteroatoms. The van der Waals surface area contributed by atoms with Gasteiger partial charge in [-0.3, -0.25) is 0 Å². The van der Waals surface area contributed by atoms with Crippen LogP contribution in [0.1, 0.15) is 22.5 Å². The van der Waals surface area contributed by atoms with Crippen molar-refractivity contribution in [1.29, 1.82) is 0 Å². The van der Waals surface area contributed by atoms with Gasteiger partial charge >= 0.3 is 6.18 Å². The zero-order chi connectivity index (χ0) is 15.9. The summed E-state index contributed by atoms with van der Waals surface area (Å²) in [5.74, 6) is 0.585. The van der Waals surface area contributed by atoms with E-state index in [9.17, 15) is 18.3 Å². The van der Waals surface area contributed by atoms with Gasteiger partial charge < -0.3 is 10.1 Å². The molecule has 3 nitrogen and oxygen atoms in total. The number of H-pyrrole nitrogens is 1. The molecule has 3 aromatic rings. The number of halogens is 4. The van der Waals surface area contributed by atoms with Crippen LogP contribution in [0.2, 0.25) is 0 Å². The van der Waals surface area contributed by atoms with Crippen molar-refractivity contribution in [3.05, 3.63) is 58.9 Å². The van der Waals surface area contributed by atoms with Gasteiger partial charge in [-0.15, -0.1) is 12.4 Å². The second-order valence-corrected chi connectivity index (χ2v) is 5.18. The lowest BCUT2D eigenvalue weighted by Crippen LogP contribution is -2.05. The van der Waals surface area contributed by atoms with E-state index in [-0.39, 0.29) is 24.6 Å². The number of aromatic nitrogens is 2. The van der Waals surface area contributed by atoms with Crippen LogP contribution in [0.3, 0.4) is 0 Å². The number of aromatic hydroxyl groups is 1. The normalized spacial score (nSPS) is 11.5. The minimum absolute atomic E-state index is 0. The van der Waals surface area contributed by atoms with Crippen LogP contribution in [0, 0.1) is 6.92 Å². The number of benzene rings is 2. The summed E-state index contributed by atoms with van der Waals surface area (Å²) in [6.07, 6.45) is -4.13. The first-order chi connectivity index (χ1) is 10.3. The monoisotopic (exact) mass is 342 g/mol. The maximum absolute atomic E-state index is 12.7. The number of alkyl halides is 3. The van der Waals surface area contributed by atoms with E-state index in [1.165, 1.54) is 6.07 Å². The fourth-order valence-electron chi connectivity index (χ4n) is 2.39. The number of aromatic amines is 1. The van der Waals surface area contributed by atoms with E-state index in [4.69, 9.17) is 0 Å². The molecule has 0 aliphatic heterocycles. The fraction of sp³-hybridized carbons (Fsp3) is 0.188. The van der Waals surface area contributed by atoms with Crippen molar-refractivity contribution in [1.82, 2.24) is 9.97 Å². The van der Waals surface area contributed by atoms with Crippen molar-refractivity contribution in [3.8, 4) is 5.75 Å². The van der Waals surface area contributed by atoms with Crippen molar-refractivity contribution in [3.63, 3.8) is 0 Å². The van der Waals surface area contributed by atoms with Crippen LogP contribution in [0.25, 0.3) is 11.0 Å². The Hall–Kier alpha value is -2.21. The highest BCUT2D eigenvalue weighted by Crippen LogP contribution is 2.30. The van der Waals surface area contributed by atoms with E-state index >= 15 is 0 Å². The van der Waals surface area contributed by atoms with Crippen molar-refractivity contribution in [2.45, 2.75) is 19.5 Å². The van der Waals surface area contributed by atoms with Gasteiger partial charge in [0, 0.05) is 6.42 Å². The van der Waals surface area contributed by atoms with E-state index in [0.717, 1.165) is 17.7 Å². The van der Waals surface area contributed by atoms with Gasteiger partial charge in [0.05, 0.1) is 11.1 Å². The first kappa shape index (κ1) is 17.1. The molecule has 0 saturated heterocycles. The molecule has 0 aliphatic carbocycles. The number of rotatable bonds is 2. The molecule has 0 saturated carbocycles. The Bertz CT molecular complexity index is 804. The van der Waals surface area contributed by atoms with E-state index in [1.54, 1.807) is 18.2 Å². The summed E-state index contributed by atoms with van der Waals surface area (Å²) in [6.45, 7) is 1.86. The molecule has 2 N–H and O–H groups in total. The second-order valence-electron chi connectivity index (χ2n) is 5.18.